The first kappa shape index (κ1) is 62.3. The van der Waals surface area contributed by atoms with Crippen molar-refractivity contribution < 1.29 is 62.1 Å². The highest BCUT2D eigenvalue weighted by Crippen LogP contribution is 2.39. The number of nitrogens with two attached hydrogens (primary N) is 2. The summed E-state index contributed by atoms with van der Waals surface area (Å²) in [6.07, 6.45) is 4.95. The van der Waals surface area contributed by atoms with Crippen LogP contribution in [-0.4, -0.2) is 145 Å². The van der Waals surface area contributed by atoms with Crippen LogP contribution in [0.5, 0.6) is 0 Å². The lowest BCUT2D eigenvalue weighted by Crippen LogP contribution is -2.58. The van der Waals surface area contributed by atoms with Gasteiger partial charge in [-0.1, -0.05) is 71.4 Å². The van der Waals surface area contributed by atoms with E-state index in [-0.39, 0.29) is 68.9 Å². The van der Waals surface area contributed by atoms with Crippen LogP contribution in [0.15, 0.2) is 66.9 Å². The van der Waals surface area contributed by atoms with Crippen molar-refractivity contribution in [3.63, 3.8) is 0 Å². The molecule has 23 heteroatoms. The first-order valence-corrected chi connectivity index (χ1v) is 25.8. The number of unbranched alkanes of at least 4 members (excludes halogenated alkanes) is 3. The zero-order valence-corrected chi connectivity index (χ0v) is 44.6. The maximum atomic E-state index is 15.2. The molecule has 21 nitrogen and oxygen atoms in total. The number of benzene rings is 2. The number of nitrogens with zero attached hydrogens (tertiary/aromatic N) is 5. The first-order valence-electron chi connectivity index (χ1n) is 25.8. The van der Waals surface area contributed by atoms with Gasteiger partial charge in [-0.3, -0.25) is 48.2 Å². The predicted molar refractivity (Wildman–Crippen MR) is 279 cm³/mol. The minimum absolute atomic E-state index is 0.0190. The molecule has 1 aromatic heterocycles. The third kappa shape index (κ3) is 17.9. The summed E-state index contributed by atoms with van der Waals surface area (Å²) in [7, 11) is 0. The molecule has 4 rings (SSSR count). The Kier molecular flexibility index (Phi) is 23.7. The van der Waals surface area contributed by atoms with Gasteiger partial charge in [0, 0.05) is 62.9 Å². The molecule has 0 unspecified atom stereocenters. The number of hydrogen-bond donors (Lipinski definition) is 7. The molecule has 5 atom stereocenters. The van der Waals surface area contributed by atoms with Crippen LogP contribution in [-0.2, 0) is 49.7 Å². The van der Waals surface area contributed by atoms with Crippen LogP contribution in [0, 0.1) is 23.0 Å². The van der Waals surface area contributed by atoms with E-state index in [4.69, 9.17) is 16.5 Å². The molecule has 3 aromatic rings. The largest absolute Gasteiger partial charge is 0.480 e. The minimum atomic E-state index is -1.68. The van der Waals surface area contributed by atoms with Gasteiger partial charge < -0.3 is 47.1 Å². The van der Waals surface area contributed by atoms with Gasteiger partial charge in [-0.2, -0.15) is 0 Å². The summed E-state index contributed by atoms with van der Waals surface area (Å²) in [6.45, 7) is 9.09. The first-order chi connectivity index (χ1) is 36.4. The fraction of sp³-hybridized carbons (Fsp3) is 0.519. The van der Waals surface area contributed by atoms with Crippen LogP contribution in [0.3, 0.4) is 0 Å². The Morgan fingerprint density at radius 3 is 2.12 bits per heavy atom. The topological polar surface area (TPSA) is 310 Å². The second kappa shape index (κ2) is 29.3. The van der Waals surface area contributed by atoms with E-state index in [2.05, 4.69) is 16.0 Å². The lowest BCUT2D eigenvalue weighted by molar-refractivity contribution is -0.159. The van der Waals surface area contributed by atoms with Gasteiger partial charge in [0.15, 0.2) is 0 Å². The number of rotatable bonds is 30. The Morgan fingerprint density at radius 2 is 1.51 bits per heavy atom. The normalized spacial score (nSPS) is 14.4. The predicted octanol–water partition coefficient (Wildman–Crippen LogP) is 3.08. The molecule has 0 saturated heterocycles. The van der Waals surface area contributed by atoms with Gasteiger partial charge in [0.05, 0.1) is 17.8 Å². The van der Waals surface area contributed by atoms with Gasteiger partial charge >= 0.3 is 5.97 Å². The molecule has 0 fully saturated rings. The lowest BCUT2D eigenvalue weighted by Gasteiger charge is -2.40. The molecule has 2 heterocycles. The van der Waals surface area contributed by atoms with Crippen LogP contribution in [0.2, 0.25) is 0 Å². The average molecular weight is 1080 g/mol. The highest BCUT2D eigenvalue weighted by molar-refractivity contribution is 6.12. The van der Waals surface area contributed by atoms with Gasteiger partial charge in [-0.25, -0.2) is 18.6 Å². The van der Waals surface area contributed by atoms with Crippen LogP contribution in [0.4, 0.5) is 8.78 Å². The zero-order valence-electron chi connectivity index (χ0n) is 44.6. The van der Waals surface area contributed by atoms with E-state index >= 15 is 4.39 Å². The molecule has 8 amide bonds. The Morgan fingerprint density at radius 1 is 0.831 bits per heavy atom. The van der Waals surface area contributed by atoms with E-state index in [0.717, 1.165) is 28.7 Å². The Balaban J connectivity index is 1.45. The highest BCUT2D eigenvalue weighted by Gasteiger charge is 2.40. The summed E-state index contributed by atoms with van der Waals surface area (Å²) < 4.78 is 31.3. The molecule has 0 radical (unpaired) electrons. The van der Waals surface area contributed by atoms with Crippen molar-refractivity contribution in [1.82, 2.24) is 40.2 Å². The summed E-state index contributed by atoms with van der Waals surface area (Å²) in [5.74, 6) is -8.77. The van der Waals surface area contributed by atoms with E-state index in [9.17, 15) is 57.8 Å². The molecular weight excluding hydrogens is 1000 g/mol. The molecule has 0 spiro atoms. The van der Waals surface area contributed by atoms with E-state index in [1.165, 1.54) is 24.0 Å². The van der Waals surface area contributed by atoms with Crippen molar-refractivity contribution in [2.24, 2.45) is 22.8 Å². The third-order valence-corrected chi connectivity index (χ3v) is 12.9. The van der Waals surface area contributed by atoms with Crippen molar-refractivity contribution in [3.8, 4) is 11.3 Å². The van der Waals surface area contributed by atoms with Crippen molar-refractivity contribution in [1.29, 1.82) is 0 Å². The second-order valence-electron chi connectivity index (χ2n) is 20.4. The highest BCUT2D eigenvalue weighted by atomic mass is 19.1. The molecule has 0 bridgehead atoms. The molecule has 9 N–H and O–H groups in total. The summed E-state index contributed by atoms with van der Waals surface area (Å²) in [6, 6.07) is 5.64. The molecule has 0 aliphatic carbocycles. The maximum absolute atomic E-state index is 15.2. The SMILES string of the molecule is CC(C)[C@H](NC(=O)CCCCCN1C(=O)C=CC1=O)C(=O)N[C@@H](C)C(=O)N(C(=O)CCNC(=O)[C@@H](N)CCN(C(=O)CO)[C@@H](c1nc(-c2cc(F)ccc2F)cn1Cc1ccccc1)C(C)(C)C)[C@@H](CCCCN)C(=O)O. The molecule has 2 aromatic carbocycles. The van der Waals surface area contributed by atoms with Crippen LogP contribution < -0.4 is 27.4 Å². The average Bonchev–Trinajstić information content (AvgIpc) is 3.93. The maximum Gasteiger partial charge on any atom is 0.326 e. The standard InChI is InChI=1S/C54H74F2N10O11/c1-33(2)47(62-42(68)18-11-8-14-27-64-43(69)21-22-44(64)70)51(74)60-34(3)52(75)66(41(53(76)77)17-12-13-25-57)45(71)23-26-59-50(73)39(58)24-28-65(46(72)32-67)48(54(4,5)6)49-61-40(37-29-36(55)19-20-38(37)56)31-63(49)30-35-15-9-7-10-16-35/h7,9-10,15-16,19-22,29,31,33-34,39,41,47-48,67H,8,11-14,17-18,23-28,30,32,57-58H2,1-6H3,(H,59,73)(H,60,74)(H,62,68)(H,76,77)/t34-,39-,41-,47-,48-/m0/s1. The fourth-order valence-electron chi connectivity index (χ4n) is 8.85. The van der Waals surface area contributed by atoms with Crippen LogP contribution in [0.25, 0.3) is 11.3 Å². The number of nitrogens with one attached hydrogen (secondary N) is 3. The van der Waals surface area contributed by atoms with E-state index < -0.39 is 126 Å². The molecule has 77 heavy (non-hydrogen) atoms. The number of carboxylic acid groups (broad SMARTS) is 1. The number of hydrogen-bond acceptors (Lipinski definition) is 13. The number of halogens is 2. The van der Waals surface area contributed by atoms with Gasteiger partial charge in [0.1, 0.15) is 42.2 Å². The number of imidazole rings is 1. The molecule has 0 saturated carbocycles. The monoisotopic (exact) mass is 1080 g/mol. The fourth-order valence-corrected chi connectivity index (χ4v) is 8.85. The number of carboxylic acids is 1. The van der Waals surface area contributed by atoms with Gasteiger partial charge in [-0.05, 0) is 87.1 Å². The Bertz CT molecular complexity index is 2590. The third-order valence-electron chi connectivity index (χ3n) is 12.9. The number of aliphatic hydroxyl groups is 1. The lowest BCUT2D eigenvalue weighted by atomic mass is 9.84. The number of aliphatic hydroxyl groups excluding tert-OH is 1. The number of carbonyl (C=O) groups is 9. The number of imide groups is 2. The number of carbonyl (C=O) groups excluding carboxylic acids is 8. The number of aromatic nitrogens is 2. The van der Waals surface area contributed by atoms with Crippen LogP contribution >= 0.6 is 0 Å². The van der Waals surface area contributed by atoms with E-state index in [1.54, 1.807) is 24.6 Å². The zero-order chi connectivity index (χ0) is 57.1. The summed E-state index contributed by atoms with van der Waals surface area (Å²) in [5.41, 5.74) is 12.0. The Labute approximate surface area is 447 Å². The van der Waals surface area contributed by atoms with Gasteiger partial charge in [-0.15, -0.1) is 0 Å². The van der Waals surface area contributed by atoms with E-state index in [1.807, 2.05) is 51.1 Å². The second-order valence-corrected chi connectivity index (χ2v) is 20.4. The van der Waals surface area contributed by atoms with Crippen molar-refractivity contribution >= 4 is 53.2 Å². The Hall–Kier alpha value is -7.24. The summed E-state index contributed by atoms with van der Waals surface area (Å²) in [4.78, 5) is 126. The molecule has 420 valence electrons. The molecule has 1 aliphatic heterocycles. The summed E-state index contributed by atoms with van der Waals surface area (Å²) >= 11 is 0. The van der Waals surface area contributed by atoms with Gasteiger partial charge in [0.25, 0.3) is 17.7 Å². The minimum Gasteiger partial charge on any atom is -0.480 e. The number of aliphatic carboxylic acids is 1. The smallest absolute Gasteiger partial charge is 0.326 e. The van der Waals surface area contributed by atoms with Crippen molar-refractivity contribution in [3.05, 3.63) is 89.9 Å². The quantitative estimate of drug-likeness (QED) is 0.0373. The van der Waals surface area contributed by atoms with Crippen molar-refractivity contribution in [2.45, 2.75) is 136 Å². The van der Waals surface area contributed by atoms with Crippen molar-refractivity contribution in [2.75, 3.05) is 32.8 Å². The van der Waals surface area contributed by atoms with Gasteiger partial charge in [0.2, 0.25) is 29.5 Å². The molecular formula is C54H74F2N10O11. The summed E-state index contributed by atoms with van der Waals surface area (Å²) in [5, 5.41) is 28.2. The van der Waals surface area contributed by atoms with E-state index in [0.29, 0.717) is 30.6 Å². The number of amides is 8. The van der Waals surface area contributed by atoms with Crippen LogP contribution in [0.1, 0.15) is 117 Å². The molecule has 1 aliphatic rings.